The summed E-state index contributed by atoms with van der Waals surface area (Å²) in [6.45, 7) is 16.6. The van der Waals surface area contributed by atoms with Crippen molar-refractivity contribution in [2.45, 2.75) is 60.8 Å². The number of rotatable bonds is 0. The monoisotopic (exact) mass is 209 g/mol. The Morgan fingerprint density at radius 3 is 1.67 bits per heavy atom. The minimum Gasteiger partial charge on any atom is -0.261 e. The molecule has 0 aliphatic rings. The van der Waals surface area contributed by atoms with Gasteiger partial charge in [0.2, 0.25) is 0 Å². The van der Waals surface area contributed by atoms with Crippen LogP contribution in [0.1, 0.15) is 59.7 Å². The fraction of sp³-hybridized carbons (Fsp3) is 0.643. The lowest BCUT2D eigenvalue weighted by Gasteiger charge is -2.17. The Morgan fingerprint density at radius 2 is 1.40 bits per heavy atom. The van der Waals surface area contributed by atoms with Crippen LogP contribution in [0.15, 0.2) is 18.3 Å². The molecule has 0 saturated heterocycles. The maximum absolute atomic E-state index is 4.25. The Kier molecular flexibility index (Phi) is 9.35. The molecule has 1 rings (SSSR count). The Hall–Kier alpha value is -0.850. The van der Waals surface area contributed by atoms with Crippen molar-refractivity contribution in [2.24, 2.45) is 0 Å². The predicted molar refractivity (Wildman–Crippen MR) is 70.4 cm³/mol. The average Bonchev–Trinajstić information content (AvgIpc) is 2.23. The standard InChI is InChI=1S/C10H15N.2C2H6/c1-8-5-6-9(7-11-8)10(2,3)4;2*1-2/h5-7H,1-4H3;2*1-2H3. The van der Waals surface area contributed by atoms with E-state index in [9.17, 15) is 0 Å². The molecule has 0 bridgehead atoms. The summed E-state index contributed by atoms with van der Waals surface area (Å²) >= 11 is 0. The fourth-order valence-corrected chi connectivity index (χ4v) is 0.911. The second kappa shape index (κ2) is 8.46. The van der Waals surface area contributed by atoms with E-state index < -0.39 is 0 Å². The Morgan fingerprint density at radius 1 is 0.933 bits per heavy atom. The highest BCUT2D eigenvalue weighted by Gasteiger charge is 2.12. The van der Waals surface area contributed by atoms with Crippen molar-refractivity contribution in [3.05, 3.63) is 29.6 Å². The highest BCUT2D eigenvalue weighted by molar-refractivity contribution is 5.20. The van der Waals surface area contributed by atoms with Gasteiger partial charge in [0, 0.05) is 11.9 Å². The molecule has 0 aromatic carbocycles. The summed E-state index contributed by atoms with van der Waals surface area (Å²) in [5.41, 5.74) is 2.60. The number of pyridine rings is 1. The summed E-state index contributed by atoms with van der Waals surface area (Å²) in [5.74, 6) is 0. The van der Waals surface area contributed by atoms with Crippen molar-refractivity contribution in [2.75, 3.05) is 0 Å². The van der Waals surface area contributed by atoms with Crippen LogP contribution in [-0.4, -0.2) is 4.98 Å². The van der Waals surface area contributed by atoms with Crippen LogP contribution in [0.2, 0.25) is 0 Å². The molecular formula is C14H27N. The first-order valence-electron chi connectivity index (χ1n) is 5.93. The SMILES string of the molecule is CC.CC.Cc1ccc(C(C)(C)C)cn1. The van der Waals surface area contributed by atoms with E-state index in [1.807, 2.05) is 40.8 Å². The molecule has 88 valence electrons. The molecule has 0 spiro atoms. The van der Waals surface area contributed by atoms with Gasteiger partial charge in [-0.2, -0.15) is 0 Å². The maximum Gasteiger partial charge on any atom is 0.0372 e. The third-order valence-corrected chi connectivity index (χ3v) is 1.78. The first-order valence-corrected chi connectivity index (χ1v) is 5.93. The second-order valence-corrected chi connectivity index (χ2v) is 3.94. The Bertz CT molecular complexity index is 229. The normalized spacial score (nSPS) is 9.33. The zero-order valence-electron chi connectivity index (χ0n) is 11.7. The van der Waals surface area contributed by atoms with Gasteiger partial charge in [-0.25, -0.2) is 0 Å². The van der Waals surface area contributed by atoms with E-state index in [0.717, 1.165) is 5.69 Å². The van der Waals surface area contributed by atoms with Crippen LogP contribution in [0, 0.1) is 6.92 Å². The second-order valence-electron chi connectivity index (χ2n) is 3.94. The van der Waals surface area contributed by atoms with Crippen molar-refractivity contribution < 1.29 is 0 Å². The summed E-state index contributed by atoms with van der Waals surface area (Å²) in [5, 5.41) is 0. The number of aryl methyl sites for hydroxylation is 1. The van der Waals surface area contributed by atoms with E-state index >= 15 is 0 Å². The highest BCUT2D eigenvalue weighted by atomic mass is 14.7. The van der Waals surface area contributed by atoms with Gasteiger partial charge < -0.3 is 0 Å². The lowest BCUT2D eigenvalue weighted by molar-refractivity contribution is 0.587. The maximum atomic E-state index is 4.25. The molecule has 0 atom stereocenters. The number of aromatic nitrogens is 1. The summed E-state index contributed by atoms with van der Waals surface area (Å²) in [4.78, 5) is 4.25. The molecule has 0 saturated carbocycles. The van der Waals surface area contributed by atoms with Gasteiger partial charge in [-0.15, -0.1) is 0 Å². The van der Waals surface area contributed by atoms with Gasteiger partial charge in [0.25, 0.3) is 0 Å². The van der Waals surface area contributed by atoms with Crippen LogP contribution in [0.5, 0.6) is 0 Å². The van der Waals surface area contributed by atoms with Crippen molar-refractivity contribution in [1.29, 1.82) is 0 Å². The molecule has 0 radical (unpaired) electrons. The number of nitrogens with zero attached hydrogens (tertiary/aromatic N) is 1. The van der Waals surface area contributed by atoms with Gasteiger partial charge in [0.1, 0.15) is 0 Å². The summed E-state index contributed by atoms with van der Waals surface area (Å²) < 4.78 is 0. The minimum absolute atomic E-state index is 0.223. The molecule has 1 nitrogen and oxygen atoms in total. The Balaban J connectivity index is 0. The summed E-state index contributed by atoms with van der Waals surface area (Å²) in [6.07, 6.45) is 1.95. The fourth-order valence-electron chi connectivity index (χ4n) is 0.911. The van der Waals surface area contributed by atoms with Gasteiger partial charge in [-0.05, 0) is 24.0 Å². The van der Waals surface area contributed by atoms with Gasteiger partial charge in [-0.3, -0.25) is 4.98 Å². The molecule has 0 fully saturated rings. The van der Waals surface area contributed by atoms with Crippen LogP contribution < -0.4 is 0 Å². The first kappa shape index (κ1) is 16.6. The lowest BCUT2D eigenvalue weighted by Crippen LogP contribution is -2.11. The van der Waals surface area contributed by atoms with E-state index in [4.69, 9.17) is 0 Å². The quantitative estimate of drug-likeness (QED) is 0.601. The zero-order valence-corrected chi connectivity index (χ0v) is 11.7. The lowest BCUT2D eigenvalue weighted by atomic mass is 9.88. The van der Waals surface area contributed by atoms with Crippen LogP contribution >= 0.6 is 0 Å². The molecule has 0 N–H and O–H groups in total. The highest BCUT2D eigenvalue weighted by Crippen LogP contribution is 2.20. The largest absolute Gasteiger partial charge is 0.261 e. The summed E-state index contributed by atoms with van der Waals surface area (Å²) in [7, 11) is 0. The molecule has 1 aromatic heterocycles. The van der Waals surface area contributed by atoms with E-state index in [0.29, 0.717) is 0 Å². The third-order valence-electron chi connectivity index (χ3n) is 1.78. The summed E-state index contributed by atoms with van der Waals surface area (Å²) in [6, 6.07) is 4.20. The third kappa shape index (κ3) is 7.12. The molecule has 0 unspecified atom stereocenters. The van der Waals surface area contributed by atoms with Crippen molar-refractivity contribution in [3.63, 3.8) is 0 Å². The topological polar surface area (TPSA) is 12.9 Å². The predicted octanol–water partition coefficient (Wildman–Crippen LogP) is 4.74. The van der Waals surface area contributed by atoms with E-state index in [-0.39, 0.29) is 5.41 Å². The van der Waals surface area contributed by atoms with Crippen molar-refractivity contribution >= 4 is 0 Å². The zero-order chi connectivity index (χ0) is 12.5. The van der Waals surface area contributed by atoms with Crippen LogP contribution in [-0.2, 0) is 5.41 Å². The van der Waals surface area contributed by atoms with Gasteiger partial charge in [-0.1, -0.05) is 54.5 Å². The number of hydrogen-bond donors (Lipinski definition) is 0. The van der Waals surface area contributed by atoms with Crippen LogP contribution in [0.4, 0.5) is 0 Å². The van der Waals surface area contributed by atoms with E-state index in [1.54, 1.807) is 0 Å². The molecule has 15 heavy (non-hydrogen) atoms. The van der Waals surface area contributed by atoms with E-state index in [1.165, 1.54) is 5.56 Å². The van der Waals surface area contributed by atoms with Gasteiger partial charge >= 0.3 is 0 Å². The molecule has 0 aliphatic carbocycles. The molecule has 1 heteroatoms. The van der Waals surface area contributed by atoms with Crippen LogP contribution in [0.3, 0.4) is 0 Å². The molecule has 0 amide bonds. The number of hydrogen-bond acceptors (Lipinski definition) is 1. The molecule has 1 aromatic rings. The molecule has 0 aliphatic heterocycles. The van der Waals surface area contributed by atoms with Gasteiger partial charge in [0.05, 0.1) is 0 Å². The van der Waals surface area contributed by atoms with Crippen molar-refractivity contribution in [3.8, 4) is 0 Å². The molecular weight excluding hydrogens is 182 g/mol. The minimum atomic E-state index is 0.223. The first-order chi connectivity index (χ1) is 7.00. The molecule has 1 heterocycles. The smallest absolute Gasteiger partial charge is 0.0372 e. The van der Waals surface area contributed by atoms with Crippen LogP contribution in [0.25, 0.3) is 0 Å². The van der Waals surface area contributed by atoms with E-state index in [2.05, 4.69) is 37.9 Å². The Labute approximate surface area is 95.9 Å². The average molecular weight is 209 g/mol. The van der Waals surface area contributed by atoms with Crippen molar-refractivity contribution in [1.82, 2.24) is 4.98 Å². The van der Waals surface area contributed by atoms with Gasteiger partial charge in [0.15, 0.2) is 0 Å².